The first-order valence-electron chi connectivity index (χ1n) is 7.80. The number of carbonyl (C=O) groups excluding carboxylic acids is 1. The van der Waals surface area contributed by atoms with E-state index in [4.69, 9.17) is 0 Å². The third-order valence-electron chi connectivity index (χ3n) is 3.79. The SMILES string of the molecule is C/C(=N\NC(=O)c1ccncc1)c1c(C)[nH]n(-c2ccc(F)cc2)c1=O. The molecule has 0 bridgehead atoms. The highest BCUT2D eigenvalue weighted by Gasteiger charge is 2.15. The Morgan fingerprint density at radius 1 is 1.19 bits per heavy atom. The van der Waals surface area contributed by atoms with Gasteiger partial charge in [0.25, 0.3) is 11.5 Å². The average molecular weight is 353 g/mol. The molecule has 0 atom stereocenters. The molecule has 3 aromatic rings. The van der Waals surface area contributed by atoms with Crippen LogP contribution >= 0.6 is 0 Å². The van der Waals surface area contributed by atoms with Crippen molar-refractivity contribution in [3.8, 4) is 5.69 Å². The van der Waals surface area contributed by atoms with Gasteiger partial charge >= 0.3 is 0 Å². The van der Waals surface area contributed by atoms with Crippen molar-refractivity contribution >= 4 is 11.6 Å². The summed E-state index contributed by atoms with van der Waals surface area (Å²) in [6, 6.07) is 8.65. The Balaban J connectivity index is 1.88. The Hall–Kier alpha value is -3.55. The van der Waals surface area contributed by atoms with E-state index in [1.54, 1.807) is 26.0 Å². The standard InChI is InChI=1S/C18H16FN5O2/c1-11(21-22-17(25)13-7-9-20-10-8-13)16-12(2)23-24(18(16)26)15-5-3-14(19)4-6-15/h3-10,23H,1-2H3,(H,22,25)/b21-11+. The quantitative estimate of drug-likeness (QED) is 0.556. The molecule has 0 saturated heterocycles. The molecular formula is C18H16FN5O2. The molecule has 0 aliphatic rings. The molecule has 0 aliphatic carbocycles. The van der Waals surface area contributed by atoms with E-state index >= 15 is 0 Å². The van der Waals surface area contributed by atoms with E-state index in [9.17, 15) is 14.0 Å². The highest BCUT2D eigenvalue weighted by Crippen LogP contribution is 2.09. The van der Waals surface area contributed by atoms with Crippen molar-refractivity contribution in [3.63, 3.8) is 0 Å². The molecule has 0 unspecified atom stereocenters. The van der Waals surface area contributed by atoms with Gasteiger partial charge in [-0.25, -0.2) is 14.5 Å². The van der Waals surface area contributed by atoms with Crippen LogP contribution in [0.2, 0.25) is 0 Å². The maximum Gasteiger partial charge on any atom is 0.280 e. The van der Waals surface area contributed by atoms with Crippen LogP contribution in [0.3, 0.4) is 0 Å². The number of aromatic nitrogens is 3. The van der Waals surface area contributed by atoms with Gasteiger partial charge in [-0.05, 0) is 50.2 Å². The van der Waals surface area contributed by atoms with Gasteiger partial charge in [-0.1, -0.05) is 0 Å². The number of H-pyrrole nitrogens is 1. The van der Waals surface area contributed by atoms with Crippen LogP contribution in [0.5, 0.6) is 0 Å². The minimum Gasteiger partial charge on any atom is -0.295 e. The summed E-state index contributed by atoms with van der Waals surface area (Å²) in [6.07, 6.45) is 3.01. The number of rotatable bonds is 4. The molecule has 2 aromatic heterocycles. The number of pyridine rings is 1. The second kappa shape index (κ2) is 7.14. The van der Waals surface area contributed by atoms with Crippen LogP contribution in [0, 0.1) is 12.7 Å². The summed E-state index contributed by atoms with van der Waals surface area (Å²) in [5, 5.41) is 6.95. The minimum atomic E-state index is -0.404. The maximum atomic E-state index is 13.1. The van der Waals surface area contributed by atoms with Gasteiger partial charge in [-0.15, -0.1) is 0 Å². The Labute approximate surface area is 148 Å². The average Bonchev–Trinajstić information content (AvgIpc) is 2.95. The maximum absolute atomic E-state index is 13.1. The van der Waals surface area contributed by atoms with Crippen LogP contribution < -0.4 is 11.0 Å². The topological polar surface area (TPSA) is 92.1 Å². The molecule has 2 heterocycles. The van der Waals surface area contributed by atoms with E-state index in [2.05, 4.69) is 20.6 Å². The number of halogens is 1. The number of nitrogens with zero attached hydrogens (tertiary/aromatic N) is 3. The number of nitrogens with one attached hydrogen (secondary N) is 2. The number of aryl methyl sites for hydroxylation is 1. The Bertz CT molecular complexity index is 1020. The molecule has 0 spiro atoms. The predicted molar refractivity (Wildman–Crippen MR) is 95.0 cm³/mol. The minimum absolute atomic E-state index is 0.337. The fourth-order valence-electron chi connectivity index (χ4n) is 2.50. The number of hydrogen-bond acceptors (Lipinski definition) is 4. The van der Waals surface area contributed by atoms with Gasteiger partial charge < -0.3 is 0 Å². The first-order valence-corrected chi connectivity index (χ1v) is 7.80. The van der Waals surface area contributed by atoms with Crippen LogP contribution in [0.1, 0.15) is 28.5 Å². The molecule has 26 heavy (non-hydrogen) atoms. The predicted octanol–water partition coefficient (Wildman–Crippen LogP) is 2.16. The lowest BCUT2D eigenvalue weighted by atomic mass is 10.2. The second-order valence-corrected chi connectivity index (χ2v) is 5.60. The van der Waals surface area contributed by atoms with Gasteiger partial charge in [0, 0.05) is 23.7 Å². The van der Waals surface area contributed by atoms with Gasteiger partial charge in [-0.3, -0.25) is 19.7 Å². The fourth-order valence-corrected chi connectivity index (χ4v) is 2.50. The van der Waals surface area contributed by atoms with Crippen molar-refractivity contribution in [2.24, 2.45) is 5.10 Å². The molecule has 1 amide bonds. The fraction of sp³-hybridized carbons (Fsp3) is 0.111. The molecule has 7 nitrogen and oxygen atoms in total. The van der Waals surface area contributed by atoms with Crippen molar-refractivity contribution in [1.82, 2.24) is 20.2 Å². The van der Waals surface area contributed by atoms with Crippen LogP contribution in [-0.2, 0) is 0 Å². The van der Waals surface area contributed by atoms with Crippen LogP contribution in [0.15, 0.2) is 58.7 Å². The molecule has 132 valence electrons. The van der Waals surface area contributed by atoms with Gasteiger partial charge in [0.05, 0.1) is 17.0 Å². The summed E-state index contributed by atoms with van der Waals surface area (Å²) in [6.45, 7) is 3.35. The summed E-state index contributed by atoms with van der Waals surface area (Å²) < 4.78 is 14.4. The molecule has 0 radical (unpaired) electrons. The molecule has 1 aromatic carbocycles. The van der Waals surface area contributed by atoms with Gasteiger partial charge in [-0.2, -0.15) is 5.10 Å². The highest BCUT2D eigenvalue weighted by atomic mass is 19.1. The molecular weight excluding hydrogens is 337 g/mol. The third-order valence-corrected chi connectivity index (χ3v) is 3.79. The van der Waals surface area contributed by atoms with Gasteiger partial charge in [0.15, 0.2) is 0 Å². The van der Waals surface area contributed by atoms with Crippen molar-refractivity contribution in [2.45, 2.75) is 13.8 Å². The number of carbonyl (C=O) groups is 1. The zero-order valence-electron chi connectivity index (χ0n) is 14.2. The molecule has 8 heteroatoms. The molecule has 3 rings (SSSR count). The number of hydrazone groups is 1. The van der Waals surface area contributed by atoms with Crippen molar-refractivity contribution in [1.29, 1.82) is 0 Å². The van der Waals surface area contributed by atoms with Crippen molar-refractivity contribution in [3.05, 3.63) is 81.8 Å². The normalized spacial score (nSPS) is 11.4. The number of amides is 1. The lowest BCUT2D eigenvalue weighted by Crippen LogP contribution is -2.23. The highest BCUT2D eigenvalue weighted by molar-refractivity contribution is 6.01. The van der Waals surface area contributed by atoms with E-state index in [1.165, 1.54) is 41.3 Å². The van der Waals surface area contributed by atoms with E-state index in [1.807, 2.05) is 0 Å². The molecule has 2 N–H and O–H groups in total. The first kappa shape index (κ1) is 17.3. The molecule has 0 fully saturated rings. The van der Waals surface area contributed by atoms with E-state index < -0.39 is 5.91 Å². The van der Waals surface area contributed by atoms with Crippen LogP contribution in [0.25, 0.3) is 5.69 Å². The second-order valence-electron chi connectivity index (χ2n) is 5.60. The monoisotopic (exact) mass is 353 g/mol. The number of benzene rings is 1. The van der Waals surface area contributed by atoms with Crippen LogP contribution in [-0.4, -0.2) is 26.4 Å². The smallest absolute Gasteiger partial charge is 0.280 e. The van der Waals surface area contributed by atoms with Crippen LogP contribution in [0.4, 0.5) is 4.39 Å². The number of aromatic amines is 1. The largest absolute Gasteiger partial charge is 0.295 e. The van der Waals surface area contributed by atoms with Crippen molar-refractivity contribution < 1.29 is 9.18 Å². The lowest BCUT2D eigenvalue weighted by molar-refractivity contribution is 0.0954. The zero-order chi connectivity index (χ0) is 18.7. The zero-order valence-corrected chi connectivity index (χ0v) is 14.2. The summed E-state index contributed by atoms with van der Waals surface area (Å²) >= 11 is 0. The van der Waals surface area contributed by atoms with E-state index in [0.717, 1.165) is 0 Å². The summed E-state index contributed by atoms with van der Waals surface area (Å²) in [5.41, 5.74) is 4.26. The Morgan fingerprint density at radius 3 is 2.50 bits per heavy atom. The Kier molecular flexibility index (Phi) is 4.74. The van der Waals surface area contributed by atoms with Gasteiger partial charge in [0.1, 0.15) is 5.82 Å². The lowest BCUT2D eigenvalue weighted by Gasteiger charge is -2.01. The molecule has 0 aliphatic heterocycles. The first-order chi connectivity index (χ1) is 12.5. The summed E-state index contributed by atoms with van der Waals surface area (Å²) in [5.74, 6) is -0.791. The summed E-state index contributed by atoms with van der Waals surface area (Å²) in [7, 11) is 0. The van der Waals surface area contributed by atoms with E-state index in [0.29, 0.717) is 28.2 Å². The summed E-state index contributed by atoms with van der Waals surface area (Å²) in [4.78, 5) is 28.5. The molecule has 0 saturated carbocycles. The van der Waals surface area contributed by atoms with Gasteiger partial charge in [0.2, 0.25) is 0 Å². The van der Waals surface area contributed by atoms with Crippen molar-refractivity contribution in [2.75, 3.05) is 0 Å². The Morgan fingerprint density at radius 2 is 1.85 bits per heavy atom. The number of hydrogen-bond donors (Lipinski definition) is 2. The van der Waals surface area contributed by atoms with E-state index in [-0.39, 0.29) is 11.4 Å². The third kappa shape index (κ3) is 3.44.